The molecule has 2 aromatic carbocycles. The van der Waals surface area contributed by atoms with Crippen LogP contribution in [0.2, 0.25) is 0 Å². The van der Waals surface area contributed by atoms with E-state index in [-0.39, 0.29) is 16.8 Å². The summed E-state index contributed by atoms with van der Waals surface area (Å²) in [6.07, 6.45) is 0.828. The van der Waals surface area contributed by atoms with Crippen LogP contribution < -0.4 is 4.72 Å². The van der Waals surface area contributed by atoms with Gasteiger partial charge in [0.2, 0.25) is 10.0 Å². The number of carbonyl (C=O) groups excluding carboxylic acids is 1. The molecule has 0 saturated carbocycles. The molecule has 1 amide bonds. The lowest BCUT2D eigenvalue weighted by Gasteiger charge is -2.36. The maximum atomic E-state index is 13.4. The van der Waals surface area contributed by atoms with Gasteiger partial charge in [-0.1, -0.05) is 37.3 Å². The van der Waals surface area contributed by atoms with Gasteiger partial charge in [0.25, 0.3) is 5.91 Å². The van der Waals surface area contributed by atoms with Crippen molar-refractivity contribution in [2.24, 2.45) is 0 Å². The Morgan fingerprint density at radius 1 is 1.10 bits per heavy atom. The number of hydrogen-bond acceptors (Lipinski definition) is 4. The quantitative estimate of drug-likeness (QED) is 0.674. The highest BCUT2D eigenvalue weighted by Gasteiger charge is 2.33. The second-order valence-corrected chi connectivity index (χ2v) is 9.65. The maximum absolute atomic E-state index is 13.4. The van der Waals surface area contributed by atoms with Crippen LogP contribution in [0.15, 0.2) is 70.9 Å². The third kappa shape index (κ3) is 3.85. The van der Waals surface area contributed by atoms with E-state index in [4.69, 9.17) is 0 Å². The second kappa shape index (κ2) is 8.10. The monoisotopic (exact) mass is 426 g/mol. The fourth-order valence-corrected chi connectivity index (χ4v) is 5.69. The third-order valence-electron chi connectivity index (χ3n) is 5.09. The molecule has 1 aliphatic rings. The number of fused-ring (bicyclic) bond motifs is 1. The Hall–Kier alpha value is -2.48. The molecule has 0 spiro atoms. The van der Waals surface area contributed by atoms with Gasteiger partial charge in [-0.15, -0.1) is 11.3 Å². The Morgan fingerprint density at radius 3 is 2.52 bits per heavy atom. The summed E-state index contributed by atoms with van der Waals surface area (Å²) in [4.78, 5) is 16.7. The summed E-state index contributed by atoms with van der Waals surface area (Å²) in [5.74, 6) is -0.0944. The van der Waals surface area contributed by atoms with Crippen molar-refractivity contribution in [1.82, 2.24) is 9.62 Å². The van der Waals surface area contributed by atoms with Gasteiger partial charge in [-0.05, 0) is 53.3 Å². The smallest absolute Gasteiger partial charge is 0.254 e. The van der Waals surface area contributed by atoms with Crippen molar-refractivity contribution in [1.29, 1.82) is 0 Å². The molecule has 3 aromatic rings. The number of benzene rings is 2. The number of rotatable bonds is 5. The summed E-state index contributed by atoms with van der Waals surface area (Å²) in [7, 11) is -3.54. The van der Waals surface area contributed by atoms with Crippen molar-refractivity contribution < 1.29 is 13.2 Å². The summed E-state index contributed by atoms with van der Waals surface area (Å²) in [5, 5.41) is 2.08. The molecular formula is C22H22N2O3S2. The van der Waals surface area contributed by atoms with Gasteiger partial charge in [0.1, 0.15) is 0 Å². The summed E-state index contributed by atoms with van der Waals surface area (Å²) in [6.45, 7) is 2.68. The first-order chi connectivity index (χ1) is 14.0. The van der Waals surface area contributed by atoms with Gasteiger partial charge in [0, 0.05) is 23.5 Å². The zero-order valence-corrected chi connectivity index (χ0v) is 17.7. The van der Waals surface area contributed by atoms with Crippen LogP contribution >= 0.6 is 11.3 Å². The first kappa shape index (κ1) is 19.8. The molecule has 0 unspecified atom stereocenters. The van der Waals surface area contributed by atoms with Crippen molar-refractivity contribution >= 4 is 27.3 Å². The van der Waals surface area contributed by atoms with Gasteiger partial charge in [0.15, 0.2) is 0 Å². The summed E-state index contributed by atoms with van der Waals surface area (Å²) in [5.41, 5.74) is 2.73. The molecule has 4 rings (SSSR count). The van der Waals surface area contributed by atoms with Crippen LogP contribution in [0.4, 0.5) is 0 Å². The molecule has 0 aliphatic carbocycles. The standard InChI is InChI=1S/C22H22N2O3S2/c1-2-23-29(26,27)18-10-8-17(9-11-18)22(25)24-14-12-20-19(13-15-28-20)21(24)16-6-4-3-5-7-16/h3-11,13,15,21,23H,2,12,14H2,1H3/t21-/m0/s1. The Kier molecular flexibility index (Phi) is 5.54. The largest absolute Gasteiger partial charge is 0.327 e. The van der Waals surface area contributed by atoms with E-state index in [2.05, 4.69) is 16.2 Å². The predicted molar refractivity (Wildman–Crippen MR) is 115 cm³/mol. The molecule has 150 valence electrons. The van der Waals surface area contributed by atoms with E-state index in [9.17, 15) is 13.2 Å². The Labute approximate surface area is 175 Å². The minimum absolute atomic E-state index is 0.0944. The minimum Gasteiger partial charge on any atom is -0.327 e. The minimum atomic E-state index is -3.54. The van der Waals surface area contributed by atoms with Crippen molar-refractivity contribution in [3.8, 4) is 0 Å². The molecule has 0 saturated heterocycles. The van der Waals surface area contributed by atoms with Gasteiger partial charge in [-0.3, -0.25) is 4.79 Å². The van der Waals surface area contributed by atoms with Crippen LogP contribution in [0.3, 0.4) is 0 Å². The van der Waals surface area contributed by atoms with Crippen molar-refractivity contribution in [2.45, 2.75) is 24.3 Å². The van der Waals surface area contributed by atoms with Crippen molar-refractivity contribution in [2.75, 3.05) is 13.1 Å². The SMILES string of the molecule is CCNS(=O)(=O)c1ccc(C(=O)N2CCc3sccc3[C@@H]2c2ccccc2)cc1. The molecule has 0 fully saturated rings. The number of nitrogens with one attached hydrogen (secondary N) is 1. The number of sulfonamides is 1. The predicted octanol–water partition coefficient (Wildman–Crippen LogP) is 3.83. The molecule has 29 heavy (non-hydrogen) atoms. The molecule has 1 N–H and O–H groups in total. The highest BCUT2D eigenvalue weighted by molar-refractivity contribution is 7.89. The molecular weight excluding hydrogens is 404 g/mol. The molecule has 0 radical (unpaired) electrons. The number of amides is 1. The lowest BCUT2D eigenvalue weighted by Crippen LogP contribution is -2.40. The van der Waals surface area contributed by atoms with Crippen LogP contribution in [0.5, 0.6) is 0 Å². The van der Waals surface area contributed by atoms with Crippen LogP contribution in [-0.2, 0) is 16.4 Å². The average molecular weight is 427 g/mol. The third-order valence-corrected chi connectivity index (χ3v) is 7.65. The van der Waals surface area contributed by atoms with Crippen LogP contribution in [-0.4, -0.2) is 32.3 Å². The van der Waals surface area contributed by atoms with E-state index >= 15 is 0 Å². The van der Waals surface area contributed by atoms with E-state index in [1.165, 1.54) is 22.6 Å². The fraction of sp³-hybridized carbons (Fsp3) is 0.227. The van der Waals surface area contributed by atoms with Gasteiger partial charge in [-0.2, -0.15) is 0 Å². The van der Waals surface area contributed by atoms with Gasteiger partial charge < -0.3 is 4.90 Å². The van der Waals surface area contributed by atoms with E-state index in [0.29, 0.717) is 18.7 Å². The highest BCUT2D eigenvalue weighted by atomic mass is 32.2. The van der Waals surface area contributed by atoms with E-state index < -0.39 is 10.0 Å². The molecule has 0 bridgehead atoms. The molecule has 2 heterocycles. The number of hydrogen-bond donors (Lipinski definition) is 1. The summed E-state index contributed by atoms with van der Waals surface area (Å²) >= 11 is 1.73. The number of nitrogens with zero attached hydrogens (tertiary/aromatic N) is 1. The normalized spacial score (nSPS) is 16.4. The van der Waals surface area contributed by atoms with Crippen LogP contribution in [0, 0.1) is 0 Å². The van der Waals surface area contributed by atoms with Crippen LogP contribution in [0.25, 0.3) is 0 Å². The topological polar surface area (TPSA) is 66.5 Å². The summed E-state index contributed by atoms with van der Waals surface area (Å²) in [6, 6.07) is 18.2. The second-order valence-electron chi connectivity index (χ2n) is 6.89. The first-order valence-corrected chi connectivity index (χ1v) is 11.9. The molecule has 7 heteroatoms. The molecule has 5 nitrogen and oxygen atoms in total. The average Bonchev–Trinajstić information content (AvgIpc) is 3.22. The Balaban J connectivity index is 1.67. The van der Waals surface area contributed by atoms with Crippen molar-refractivity contribution in [3.63, 3.8) is 0 Å². The van der Waals surface area contributed by atoms with E-state index in [1.54, 1.807) is 30.4 Å². The Morgan fingerprint density at radius 2 is 1.83 bits per heavy atom. The van der Waals surface area contributed by atoms with E-state index in [0.717, 1.165) is 12.0 Å². The zero-order chi connectivity index (χ0) is 20.4. The Bertz CT molecular complexity index is 1110. The van der Waals surface area contributed by atoms with Gasteiger partial charge >= 0.3 is 0 Å². The molecule has 1 atom stereocenters. The zero-order valence-electron chi connectivity index (χ0n) is 16.0. The number of thiophene rings is 1. The van der Waals surface area contributed by atoms with Gasteiger partial charge in [0.05, 0.1) is 10.9 Å². The maximum Gasteiger partial charge on any atom is 0.254 e. The number of carbonyl (C=O) groups is 1. The molecule has 1 aromatic heterocycles. The fourth-order valence-electron chi connectivity index (χ4n) is 3.75. The van der Waals surface area contributed by atoms with Gasteiger partial charge in [-0.25, -0.2) is 13.1 Å². The lowest BCUT2D eigenvalue weighted by molar-refractivity contribution is 0.0696. The van der Waals surface area contributed by atoms with Crippen molar-refractivity contribution in [3.05, 3.63) is 87.6 Å². The first-order valence-electron chi connectivity index (χ1n) is 9.53. The van der Waals surface area contributed by atoms with Crippen LogP contribution in [0.1, 0.15) is 39.3 Å². The van der Waals surface area contributed by atoms with E-state index in [1.807, 2.05) is 35.2 Å². The summed E-state index contributed by atoms with van der Waals surface area (Å²) < 4.78 is 26.8. The lowest BCUT2D eigenvalue weighted by atomic mass is 9.92. The molecule has 1 aliphatic heterocycles. The highest BCUT2D eigenvalue weighted by Crippen LogP contribution is 2.38.